The lowest BCUT2D eigenvalue weighted by Gasteiger charge is -2.29. The summed E-state index contributed by atoms with van der Waals surface area (Å²) in [4.78, 5) is 0. The summed E-state index contributed by atoms with van der Waals surface area (Å²) in [5, 5.41) is 9.23. The highest BCUT2D eigenvalue weighted by Gasteiger charge is 2.23. The van der Waals surface area contributed by atoms with E-state index in [0.717, 1.165) is 13.0 Å². The Balaban J connectivity index is 1.43. The monoisotopic (exact) mass is 342 g/mol. The Morgan fingerprint density at radius 2 is 1.76 bits per heavy atom. The number of rotatable bonds is 6. The van der Waals surface area contributed by atoms with E-state index >= 15 is 0 Å². The maximum atomic E-state index is 9.23. The molecule has 1 aliphatic carbocycles. The minimum absolute atomic E-state index is 0.297. The first-order chi connectivity index (χ1) is 12.3. The fraction of sp³-hybridized carbons (Fsp3) is 0.652. The van der Waals surface area contributed by atoms with Gasteiger partial charge < -0.3 is 9.84 Å². The van der Waals surface area contributed by atoms with Gasteiger partial charge in [-0.1, -0.05) is 49.8 Å². The molecule has 1 aromatic carbocycles. The van der Waals surface area contributed by atoms with Crippen molar-refractivity contribution in [2.24, 2.45) is 11.8 Å². The van der Waals surface area contributed by atoms with Crippen LogP contribution in [0.25, 0.3) is 0 Å². The van der Waals surface area contributed by atoms with E-state index in [-0.39, 0.29) is 0 Å². The lowest BCUT2D eigenvalue weighted by Crippen LogP contribution is -2.23. The summed E-state index contributed by atoms with van der Waals surface area (Å²) in [7, 11) is 0. The van der Waals surface area contributed by atoms with Crippen molar-refractivity contribution in [1.29, 1.82) is 0 Å². The number of aryl methyl sites for hydroxylation is 1. The maximum absolute atomic E-state index is 9.23. The van der Waals surface area contributed by atoms with Gasteiger partial charge in [0.15, 0.2) is 0 Å². The van der Waals surface area contributed by atoms with E-state index in [4.69, 9.17) is 4.74 Å². The number of aliphatic hydroxyl groups is 1. The van der Waals surface area contributed by atoms with Crippen LogP contribution in [-0.2, 0) is 11.2 Å². The SMILES string of the molecule is CCCc1ccc(C2CCC(/C=C/C3CCC(CO)CC3)OC2)cc1. The number of hydrogen-bond donors (Lipinski definition) is 1. The lowest BCUT2D eigenvalue weighted by atomic mass is 9.82. The van der Waals surface area contributed by atoms with Gasteiger partial charge in [0.25, 0.3) is 0 Å². The van der Waals surface area contributed by atoms with Crippen molar-refractivity contribution in [3.63, 3.8) is 0 Å². The molecule has 2 atom stereocenters. The molecule has 0 aromatic heterocycles. The molecule has 0 spiro atoms. The molecule has 0 bridgehead atoms. The van der Waals surface area contributed by atoms with Gasteiger partial charge >= 0.3 is 0 Å². The average Bonchev–Trinajstić information content (AvgIpc) is 2.68. The first kappa shape index (κ1) is 18.7. The molecule has 2 nitrogen and oxygen atoms in total. The predicted molar refractivity (Wildman–Crippen MR) is 104 cm³/mol. The Morgan fingerprint density at radius 1 is 1.00 bits per heavy atom. The summed E-state index contributed by atoms with van der Waals surface area (Å²) in [5.41, 5.74) is 2.88. The highest BCUT2D eigenvalue weighted by atomic mass is 16.5. The van der Waals surface area contributed by atoms with Gasteiger partial charge in [-0.3, -0.25) is 0 Å². The highest BCUT2D eigenvalue weighted by Crippen LogP contribution is 2.31. The Hall–Kier alpha value is -1.12. The van der Waals surface area contributed by atoms with E-state index in [0.29, 0.717) is 30.5 Å². The van der Waals surface area contributed by atoms with Gasteiger partial charge in [0.1, 0.15) is 0 Å². The van der Waals surface area contributed by atoms with Crippen LogP contribution in [0.1, 0.15) is 68.9 Å². The minimum atomic E-state index is 0.297. The molecule has 1 heterocycles. The Bertz CT molecular complexity index is 518. The number of aliphatic hydroxyl groups excluding tert-OH is 1. The smallest absolute Gasteiger partial charge is 0.0756 e. The average molecular weight is 343 g/mol. The molecule has 0 radical (unpaired) electrons. The van der Waals surface area contributed by atoms with Gasteiger partial charge in [-0.05, 0) is 67.9 Å². The minimum Gasteiger partial charge on any atom is -0.396 e. The molecule has 2 heteroatoms. The molecular formula is C23H34O2. The quantitative estimate of drug-likeness (QED) is 0.715. The molecule has 138 valence electrons. The van der Waals surface area contributed by atoms with Gasteiger partial charge in [-0.2, -0.15) is 0 Å². The molecule has 2 unspecified atom stereocenters. The number of hydrogen-bond acceptors (Lipinski definition) is 2. The third-order valence-corrected chi connectivity index (χ3v) is 6.05. The Morgan fingerprint density at radius 3 is 2.36 bits per heavy atom. The Labute approximate surface area is 153 Å². The third kappa shape index (κ3) is 5.43. The molecule has 1 aliphatic heterocycles. The zero-order chi connectivity index (χ0) is 17.5. The van der Waals surface area contributed by atoms with Crippen LogP contribution in [0.3, 0.4) is 0 Å². The van der Waals surface area contributed by atoms with Gasteiger partial charge in [-0.15, -0.1) is 0 Å². The van der Waals surface area contributed by atoms with Crippen LogP contribution in [0.15, 0.2) is 36.4 Å². The second-order valence-electron chi connectivity index (χ2n) is 7.99. The van der Waals surface area contributed by atoms with E-state index in [1.807, 2.05) is 0 Å². The van der Waals surface area contributed by atoms with Gasteiger partial charge in [-0.25, -0.2) is 0 Å². The zero-order valence-corrected chi connectivity index (χ0v) is 15.7. The maximum Gasteiger partial charge on any atom is 0.0756 e. The summed E-state index contributed by atoms with van der Waals surface area (Å²) in [6, 6.07) is 9.17. The molecule has 1 aromatic rings. The normalized spacial score (nSPS) is 30.6. The first-order valence-electron chi connectivity index (χ1n) is 10.3. The highest BCUT2D eigenvalue weighted by molar-refractivity contribution is 5.26. The van der Waals surface area contributed by atoms with Crippen LogP contribution in [0.5, 0.6) is 0 Å². The van der Waals surface area contributed by atoms with Crippen molar-refractivity contribution in [2.75, 3.05) is 13.2 Å². The standard InChI is InChI=1S/C23H34O2/c1-2-3-18-8-11-21(12-9-18)22-13-15-23(25-17-22)14-10-19-4-6-20(16-24)7-5-19/h8-12,14,19-20,22-24H,2-7,13,15-17H2,1H3/b14-10+. The summed E-state index contributed by atoms with van der Waals surface area (Å²) in [5.74, 6) is 1.79. The number of benzene rings is 1. The molecule has 2 aliphatic rings. The summed E-state index contributed by atoms with van der Waals surface area (Å²) >= 11 is 0. The largest absolute Gasteiger partial charge is 0.396 e. The molecule has 2 fully saturated rings. The van der Waals surface area contributed by atoms with E-state index < -0.39 is 0 Å². The fourth-order valence-electron chi connectivity index (χ4n) is 4.28. The molecule has 1 saturated heterocycles. The summed E-state index contributed by atoms with van der Waals surface area (Å²) in [6.07, 6.45) is 14.5. The second kappa shape index (κ2) is 9.54. The molecule has 0 amide bonds. The van der Waals surface area contributed by atoms with Crippen molar-refractivity contribution in [1.82, 2.24) is 0 Å². The van der Waals surface area contributed by atoms with Crippen LogP contribution in [0, 0.1) is 11.8 Å². The van der Waals surface area contributed by atoms with Gasteiger partial charge in [0.05, 0.1) is 12.7 Å². The predicted octanol–water partition coefficient (Wildman–Crippen LogP) is 5.26. The summed E-state index contributed by atoms with van der Waals surface area (Å²) < 4.78 is 6.13. The zero-order valence-electron chi connectivity index (χ0n) is 15.7. The fourth-order valence-corrected chi connectivity index (χ4v) is 4.28. The van der Waals surface area contributed by atoms with Crippen molar-refractivity contribution >= 4 is 0 Å². The molecule has 25 heavy (non-hydrogen) atoms. The van der Waals surface area contributed by atoms with Crippen LogP contribution in [0.2, 0.25) is 0 Å². The Kier molecular flexibility index (Phi) is 7.12. The topological polar surface area (TPSA) is 29.5 Å². The second-order valence-corrected chi connectivity index (χ2v) is 7.99. The van der Waals surface area contributed by atoms with Gasteiger partial charge in [0, 0.05) is 12.5 Å². The molecular weight excluding hydrogens is 308 g/mol. The first-order valence-corrected chi connectivity index (χ1v) is 10.3. The van der Waals surface area contributed by atoms with Crippen molar-refractivity contribution in [3.8, 4) is 0 Å². The van der Waals surface area contributed by atoms with Crippen LogP contribution < -0.4 is 0 Å². The van der Waals surface area contributed by atoms with Crippen molar-refractivity contribution in [3.05, 3.63) is 47.5 Å². The van der Waals surface area contributed by atoms with E-state index in [2.05, 4.69) is 43.3 Å². The van der Waals surface area contributed by atoms with E-state index in [1.54, 1.807) is 0 Å². The lowest BCUT2D eigenvalue weighted by molar-refractivity contribution is 0.0322. The third-order valence-electron chi connectivity index (χ3n) is 6.05. The molecule has 1 N–H and O–H groups in total. The van der Waals surface area contributed by atoms with Crippen LogP contribution >= 0.6 is 0 Å². The molecule has 1 saturated carbocycles. The van der Waals surface area contributed by atoms with Gasteiger partial charge in [0.2, 0.25) is 0 Å². The van der Waals surface area contributed by atoms with E-state index in [9.17, 15) is 5.11 Å². The van der Waals surface area contributed by atoms with E-state index in [1.165, 1.54) is 56.1 Å². The summed E-state index contributed by atoms with van der Waals surface area (Å²) in [6.45, 7) is 3.44. The molecule has 3 rings (SSSR count). The van der Waals surface area contributed by atoms with Crippen LogP contribution in [0.4, 0.5) is 0 Å². The number of allylic oxidation sites excluding steroid dienone is 1. The van der Waals surface area contributed by atoms with Crippen molar-refractivity contribution < 1.29 is 9.84 Å². The van der Waals surface area contributed by atoms with Crippen molar-refractivity contribution in [2.45, 2.75) is 70.3 Å². The number of ether oxygens (including phenoxy) is 1. The van der Waals surface area contributed by atoms with Crippen LogP contribution in [-0.4, -0.2) is 24.4 Å².